The number of rotatable bonds is 8. The number of nitro groups is 1. The van der Waals surface area contributed by atoms with Crippen molar-refractivity contribution in [1.29, 1.82) is 0 Å². The van der Waals surface area contributed by atoms with Gasteiger partial charge < -0.3 is 9.47 Å². The first-order chi connectivity index (χ1) is 12.5. The van der Waals surface area contributed by atoms with Crippen molar-refractivity contribution in [3.63, 3.8) is 0 Å². The number of carbonyl (C=O) groups is 1. The number of nitrogens with one attached hydrogen (secondary N) is 1. The highest BCUT2D eigenvalue weighted by molar-refractivity contribution is 9.10. The molecule has 2 aromatic rings. The number of benzene rings is 2. The number of hydrazone groups is 1. The summed E-state index contributed by atoms with van der Waals surface area (Å²) in [5, 5.41) is 14.7. The van der Waals surface area contributed by atoms with Gasteiger partial charge in [-0.05, 0) is 31.2 Å². The Morgan fingerprint density at radius 1 is 1.27 bits per heavy atom. The van der Waals surface area contributed by atoms with Crippen molar-refractivity contribution in [2.75, 3.05) is 13.2 Å². The summed E-state index contributed by atoms with van der Waals surface area (Å²) in [5.41, 5.74) is 2.78. The molecule has 0 radical (unpaired) electrons. The number of hydrogen-bond donors (Lipinski definition) is 1. The lowest BCUT2D eigenvalue weighted by Gasteiger charge is -2.07. The molecular weight excluding hydrogens is 406 g/mol. The highest BCUT2D eigenvalue weighted by Crippen LogP contribution is 2.25. The van der Waals surface area contributed by atoms with Crippen LogP contribution in [-0.4, -0.2) is 30.3 Å². The molecule has 1 N–H and O–H groups in total. The molecule has 0 aromatic heterocycles. The maximum Gasteiger partial charge on any atom is 0.310 e. The number of carbonyl (C=O) groups excluding carboxylic acids is 1. The molecule has 0 saturated carbocycles. The van der Waals surface area contributed by atoms with Gasteiger partial charge in [0, 0.05) is 16.1 Å². The second-order valence-corrected chi connectivity index (χ2v) is 5.84. The van der Waals surface area contributed by atoms with E-state index in [-0.39, 0.29) is 11.4 Å². The monoisotopic (exact) mass is 421 g/mol. The molecule has 0 fully saturated rings. The lowest BCUT2D eigenvalue weighted by molar-refractivity contribution is -0.385. The van der Waals surface area contributed by atoms with Gasteiger partial charge in [-0.15, -0.1) is 0 Å². The molecule has 0 aliphatic carbocycles. The van der Waals surface area contributed by atoms with Gasteiger partial charge in [-0.25, -0.2) is 5.43 Å². The van der Waals surface area contributed by atoms with E-state index in [4.69, 9.17) is 9.47 Å². The van der Waals surface area contributed by atoms with Gasteiger partial charge in [-0.3, -0.25) is 14.9 Å². The predicted octanol–water partition coefficient (Wildman–Crippen LogP) is 3.29. The van der Waals surface area contributed by atoms with Gasteiger partial charge in [0.1, 0.15) is 5.75 Å². The van der Waals surface area contributed by atoms with E-state index in [2.05, 4.69) is 26.5 Å². The van der Waals surface area contributed by atoms with E-state index < -0.39 is 17.4 Å². The van der Waals surface area contributed by atoms with E-state index in [0.717, 1.165) is 4.47 Å². The third kappa shape index (κ3) is 5.55. The van der Waals surface area contributed by atoms with Gasteiger partial charge in [0.25, 0.3) is 5.91 Å². The fourth-order valence-electron chi connectivity index (χ4n) is 1.99. The average molecular weight is 422 g/mol. The lowest BCUT2D eigenvalue weighted by Crippen LogP contribution is -2.24. The molecule has 0 heterocycles. The van der Waals surface area contributed by atoms with Crippen LogP contribution in [0.3, 0.4) is 0 Å². The summed E-state index contributed by atoms with van der Waals surface area (Å²) in [7, 11) is 0. The third-order valence-electron chi connectivity index (χ3n) is 3.09. The summed E-state index contributed by atoms with van der Waals surface area (Å²) >= 11 is 3.36. The van der Waals surface area contributed by atoms with Crippen molar-refractivity contribution in [1.82, 2.24) is 5.43 Å². The first kappa shape index (κ1) is 19.4. The highest BCUT2D eigenvalue weighted by Gasteiger charge is 2.14. The van der Waals surface area contributed by atoms with Crippen LogP contribution in [0.1, 0.15) is 12.5 Å². The Labute approximate surface area is 158 Å². The van der Waals surface area contributed by atoms with Crippen molar-refractivity contribution in [3.05, 3.63) is 62.6 Å². The zero-order valence-corrected chi connectivity index (χ0v) is 15.4. The van der Waals surface area contributed by atoms with E-state index in [0.29, 0.717) is 17.9 Å². The van der Waals surface area contributed by atoms with Crippen LogP contribution in [0.2, 0.25) is 0 Å². The van der Waals surface area contributed by atoms with Crippen LogP contribution in [0.4, 0.5) is 5.69 Å². The molecule has 2 aromatic carbocycles. The Morgan fingerprint density at radius 3 is 2.77 bits per heavy atom. The first-order valence-electron chi connectivity index (χ1n) is 7.61. The molecule has 0 aliphatic rings. The summed E-state index contributed by atoms with van der Waals surface area (Å²) in [6.07, 6.45) is 1.44. The topological polar surface area (TPSA) is 103 Å². The van der Waals surface area contributed by atoms with E-state index in [1.54, 1.807) is 18.2 Å². The van der Waals surface area contributed by atoms with Gasteiger partial charge in [0.05, 0.1) is 17.7 Å². The van der Waals surface area contributed by atoms with E-state index >= 15 is 0 Å². The van der Waals surface area contributed by atoms with E-state index in [1.807, 2.05) is 13.0 Å². The van der Waals surface area contributed by atoms with Crippen LogP contribution < -0.4 is 14.9 Å². The molecule has 8 nitrogen and oxygen atoms in total. The van der Waals surface area contributed by atoms with E-state index in [9.17, 15) is 14.9 Å². The Kier molecular flexibility index (Phi) is 7.10. The van der Waals surface area contributed by atoms with Crippen LogP contribution in [0.25, 0.3) is 0 Å². The molecule has 1 amide bonds. The molecule has 26 heavy (non-hydrogen) atoms. The van der Waals surface area contributed by atoms with Crippen molar-refractivity contribution in [3.8, 4) is 11.5 Å². The van der Waals surface area contributed by atoms with Gasteiger partial charge >= 0.3 is 5.69 Å². The number of hydrogen-bond acceptors (Lipinski definition) is 6. The minimum Gasteiger partial charge on any atom is -0.493 e. The smallest absolute Gasteiger partial charge is 0.310 e. The Morgan fingerprint density at radius 2 is 2.04 bits per heavy atom. The normalized spacial score (nSPS) is 10.5. The Balaban J connectivity index is 1.94. The number of halogens is 1. The SMILES string of the molecule is CCOc1ccc(Br)cc1C=NNC(=O)COc1ccccc1[N+](=O)[O-]. The van der Waals surface area contributed by atoms with Crippen LogP contribution >= 0.6 is 15.9 Å². The van der Waals surface area contributed by atoms with Crippen LogP contribution in [0.15, 0.2) is 52.0 Å². The number of para-hydroxylation sites is 2. The fraction of sp³-hybridized carbons (Fsp3) is 0.176. The summed E-state index contributed by atoms with van der Waals surface area (Å²) in [5.74, 6) is 0.0967. The van der Waals surface area contributed by atoms with Gasteiger partial charge in [-0.2, -0.15) is 5.10 Å². The zero-order chi connectivity index (χ0) is 18.9. The second-order valence-electron chi connectivity index (χ2n) is 4.92. The molecule has 136 valence electrons. The minimum atomic E-state index is -0.575. The summed E-state index contributed by atoms with van der Waals surface area (Å²) in [6, 6.07) is 11.2. The van der Waals surface area contributed by atoms with Crippen molar-refractivity contribution in [2.45, 2.75) is 6.92 Å². The molecule has 0 aliphatic heterocycles. The largest absolute Gasteiger partial charge is 0.493 e. The van der Waals surface area contributed by atoms with Crippen LogP contribution in [-0.2, 0) is 4.79 Å². The summed E-state index contributed by atoms with van der Waals surface area (Å²) in [4.78, 5) is 22.1. The van der Waals surface area contributed by atoms with Gasteiger partial charge in [-0.1, -0.05) is 28.1 Å². The summed E-state index contributed by atoms with van der Waals surface area (Å²) in [6.45, 7) is 1.96. The molecule has 0 spiro atoms. The number of nitrogens with zero attached hydrogens (tertiary/aromatic N) is 2. The lowest BCUT2D eigenvalue weighted by atomic mass is 10.2. The molecule has 9 heteroatoms. The molecule has 0 atom stereocenters. The van der Waals surface area contributed by atoms with Crippen LogP contribution in [0.5, 0.6) is 11.5 Å². The number of nitro benzene ring substituents is 1. The standard InChI is InChI=1S/C17H16BrN3O5/c1-2-25-15-8-7-13(18)9-12(15)10-19-20-17(22)11-26-16-6-4-3-5-14(16)21(23)24/h3-10H,2,11H2,1H3,(H,20,22). The highest BCUT2D eigenvalue weighted by atomic mass is 79.9. The van der Waals surface area contributed by atoms with Crippen molar-refractivity contribution >= 4 is 33.7 Å². The van der Waals surface area contributed by atoms with Gasteiger partial charge in [0.2, 0.25) is 0 Å². The van der Waals surface area contributed by atoms with Crippen molar-refractivity contribution < 1.29 is 19.2 Å². The fourth-order valence-corrected chi connectivity index (χ4v) is 2.37. The average Bonchev–Trinajstić information content (AvgIpc) is 2.62. The van der Waals surface area contributed by atoms with E-state index in [1.165, 1.54) is 24.4 Å². The zero-order valence-electron chi connectivity index (χ0n) is 13.8. The quantitative estimate of drug-likeness (QED) is 0.400. The maximum atomic E-state index is 11.8. The minimum absolute atomic E-state index is 0.0160. The maximum absolute atomic E-state index is 11.8. The molecule has 0 bridgehead atoms. The second kappa shape index (κ2) is 9.52. The van der Waals surface area contributed by atoms with Gasteiger partial charge in [0.15, 0.2) is 12.4 Å². The molecule has 0 saturated heterocycles. The molecule has 0 unspecified atom stereocenters. The van der Waals surface area contributed by atoms with Crippen molar-refractivity contribution in [2.24, 2.45) is 5.10 Å². The predicted molar refractivity (Wildman–Crippen MR) is 99.6 cm³/mol. The number of amides is 1. The summed E-state index contributed by atoms with van der Waals surface area (Å²) < 4.78 is 11.5. The number of ether oxygens (including phenoxy) is 2. The molecular formula is C17H16BrN3O5. The Bertz CT molecular complexity index is 826. The third-order valence-corrected chi connectivity index (χ3v) is 3.58. The first-order valence-corrected chi connectivity index (χ1v) is 8.41. The molecule has 2 rings (SSSR count). The van der Waals surface area contributed by atoms with Crippen LogP contribution in [0, 0.1) is 10.1 Å². The Hall–Kier alpha value is -2.94.